The van der Waals surface area contributed by atoms with Crippen LogP contribution in [-0.4, -0.2) is 38.9 Å². The maximum absolute atomic E-state index is 5.40. The van der Waals surface area contributed by atoms with E-state index in [1.165, 1.54) is 24.4 Å². The summed E-state index contributed by atoms with van der Waals surface area (Å²) in [5, 5.41) is 6.86. The van der Waals surface area contributed by atoms with Crippen LogP contribution in [-0.2, 0) is 7.05 Å². The van der Waals surface area contributed by atoms with Crippen LogP contribution < -0.4 is 14.8 Å². The van der Waals surface area contributed by atoms with E-state index in [2.05, 4.69) is 25.4 Å². The molecule has 0 spiro atoms. The SMILES string of the molecule is CNc1ncnc(Oc2ncn(C)n2)c1OC. The highest BCUT2D eigenvalue weighted by Gasteiger charge is 2.14. The molecule has 0 amide bonds. The van der Waals surface area contributed by atoms with Gasteiger partial charge in [-0.3, -0.25) is 4.68 Å². The zero-order chi connectivity index (χ0) is 12.3. The minimum atomic E-state index is 0.201. The van der Waals surface area contributed by atoms with Crippen LogP contribution in [0, 0.1) is 0 Å². The van der Waals surface area contributed by atoms with Gasteiger partial charge in [-0.1, -0.05) is 0 Å². The van der Waals surface area contributed by atoms with E-state index in [1.54, 1.807) is 14.1 Å². The Morgan fingerprint density at radius 3 is 2.71 bits per heavy atom. The highest BCUT2D eigenvalue weighted by Crippen LogP contribution is 2.32. The minimum Gasteiger partial charge on any atom is -0.489 e. The molecule has 0 fully saturated rings. The molecule has 2 rings (SSSR count). The van der Waals surface area contributed by atoms with E-state index in [4.69, 9.17) is 9.47 Å². The number of anilines is 1. The van der Waals surface area contributed by atoms with Crippen molar-refractivity contribution in [3.05, 3.63) is 12.7 Å². The van der Waals surface area contributed by atoms with Gasteiger partial charge in [0.1, 0.15) is 12.7 Å². The second-order valence-electron chi connectivity index (χ2n) is 3.11. The average molecular weight is 236 g/mol. The van der Waals surface area contributed by atoms with E-state index in [0.29, 0.717) is 11.6 Å². The number of aromatic nitrogens is 5. The van der Waals surface area contributed by atoms with E-state index >= 15 is 0 Å². The van der Waals surface area contributed by atoms with Crippen molar-refractivity contribution in [2.45, 2.75) is 0 Å². The van der Waals surface area contributed by atoms with Gasteiger partial charge in [-0.25, -0.2) is 4.98 Å². The Bertz CT molecular complexity index is 512. The van der Waals surface area contributed by atoms with Crippen LogP contribution in [0.4, 0.5) is 5.82 Å². The Morgan fingerprint density at radius 2 is 2.12 bits per heavy atom. The van der Waals surface area contributed by atoms with E-state index in [1.807, 2.05) is 0 Å². The van der Waals surface area contributed by atoms with Gasteiger partial charge in [0.2, 0.25) is 5.75 Å². The normalized spacial score (nSPS) is 10.1. The number of methoxy groups -OCH3 is 1. The Morgan fingerprint density at radius 1 is 1.29 bits per heavy atom. The summed E-state index contributed by atoms with van der Waals surface area (Å²) in [5.41, 5.74) is 0. The second kappa shape index (κ2) is 4.64. The summed E-state index contributed by atoms with van der Waals surface area (Å²) in [7, 11) is 4.99. The fraction of sp³-hybridized carbons (Fsp3) is 0.333. The molecule has 2 heterocycles. The lowest BCUT2D eigenvalue weighted by atomic mass is 10.5. The molecule has 8 nitrogen and oxygen atoms in total. The first kappa shape index (κ1) is 11.1. The molecule has 0 unspecified atom stereocenters. The summed E-state index contributed by atoms with van der Waals surface area (Å²) in [6.45, 7) is 0. The van der Waals surface area contributed by atoms with Gasteiger partial charge in [0.05, 0.1) is 7.11 Å². The van der Waals surface area contributed by atoms with Crippen LogP contribution in [0.1, 0.15) is 0 Å². The third-order valence-electron chi connectivity index (χ3n) is 1.98. The molecule has 0 aromatic carbocycles. The first-order valence-electron chi connectivity index (χ1n) is 4.85. The van der Waals surface area contributed by atoms with Crippen molar-refractivity contribution in [1.29, 1.82) is 0 Å². The standard InChI is InChI=1S/C9H12N6O2/c1-10-7-6(16-3)8(12-4-11-7)17-9-13-5-15(2)14-9/h4-5H,1-3H3,(H,10,11,12). The Kier molecular flexibility index (Phi) is 3.03. The zero-order valence-electron chi connectivity index (χ0n) is 9.71. The molecular formula is C9H12N6O2. The summed E-state index contributed by atoms with van der Waals surface area (Å²) < 4.78 is 12.1. The number of aryl methyl sites for hydroxylation is 1. The Hall–Kier alpha value is -2.38. The first-order chi connectivity index (χ1) is 8.24. The Labute approximate surface area is 97.6 Å². The van der Waals surface area contributed by atoms with Gasteiger partial charge in [-0.2, -0.15) is 9.97 Å². The van der Waals surface area contributed by atoms with Crippen molar-refractivity contribution in [2.75, 3.05) is 19.5 Å². The third kappa shape index (κ3) is 2.25. The van der Waals surface area contributed by atoms with E-state index in [0.717, 1.165) is 0 Å². The minimum absolute atomic E-state index is 0.201. The highest BCUT2D eigenvalue weighted by atomic mass is 16.5. The number of hydrogen-bond donors (Lipinski definition) is 1. The molecule has 0 aliphatic rings. The lowest BCUT2D eigenvalue weighted by molar-refractivity contribution is 0.356. The molecule has 2 aromatic heterocycles. The van der Waals surface area contributed by atoms with E-state index < -0.39 is 0 Å². The molecule has 0 radical (unpaired) electrons. The maximum atomic E-state index is 5.40. The summed E-state index contributed by atoms with van der Waals surface area (Å²) in [4.78, 5) is 11.9. The van der Waals surface area contributed by atoms with Crippen molar-refractivity contribution >= 4 is 5.82 Å². The molecule has 0 saturated carbocycles. The fourth-order valence-electron chi connectivity index (χ4n) is 1.25. The highest BCUT2D eigenvalue weighted by molar-refractivity contribution is 5.54. The van der Waals surface area contributed by atoms with Crippen LogP contribution in [0.2, 0.25) is 0 Å². The van der Waals surface area contributed by atoms with Gasteiger partial charge >= 0.3 is 6.01 Å². The summed E-state index contributed by atoms with van der Waals surface area (Å²) in [6, 6.07) is 0.201. The third-order valence-corrected chi connectivity index (χ3v) is 1.98. The van der Waals surface area contributed by atoms with Gasteiger partial charge in [-0.05, 0) is 0 Å². The predicted molar refractivity (Wildman–Crippen MR) is 59.2 cm³/mol. The molecule has 0 aliphatic carbocycles. The topological polar surface area (TPSA) is 87.0 Å². The van der Waals surface area contributed by atoms with Crippen LogP contribution >= 0.6 is 0 Å². The molecule has 17 heavy (non-hydrogen) atoms. The second-order valence-corrected chi connectivity index (χ2v) is 3.11. The van der Waals surface area contributed by atoms with Crippen molar-refractivity contribution in [1.82, 2.24) is 24.7 Å². The van der Waals surface area contributed by atoms with Crippen LogP contribution in [0.25, 0.3) is 0 Å². The van der Waals surface area contributed by atoms with Crippen molar-refractivity contribution in [3.8, 4) is 17.6 Å². The number of rotatable bonds is 4. The van der Waals surface area contributed by atoms with E-state index in [-0.39, 0.29) is 11.9 Å². The van der Waals surface area contributed by atoms with Crippen LogP contribution in [0.3, 0.4) is 0 Å². The van der Waals surface area contributed by atoms with Gasteiger partial charge in [0.25, 0.3) is 5.88 Å². The van der Waals surface area contributed by atoms with Crippen molar-refractivity contribution in [2.24, 2.45) is 7.05 Å². The number of nitrogens with one attached hydrogen (secondary N) is 1. The molecular weight excluding hydrogens is 224 g/mol. The van der Waals surface area contributed by atoms with Crippen molar-refractivity contribution in [3.63, 3.8) is 0 Å². The lowest BCUT2D eigenvalue weighted by Crippen LogP contribution is -2.01. The van der Waals surface area contributed by atoms with Crippen LogP contribution in [0.15, 0.2) is 12.7 Å². The maximum Gasteiger partial charge on any atom is 0.342 e. The molecule has 0 atom stereocenters. The summed E-state index contributed by atoms with van der Waals surface area (Å²) in [5.74, 6) is 1.20. The molecule has 0 bridgehead atoms. The molecule has 90 valence electrons. The monoisotopic (exact) mass is 236 g/mol. The van der Waals surface area contributed by atoms with E-state index in [9.17, 15) is 0 Å². The first-order valence-corrected chi connectivity index (χ1v) is 4.85. The van der Waals surface area contributed by atoms with Gasteiger partial charge in [-0.15, -0.1) is 5.10 Å². The van der Waals surface area contributed by atoms with Gasteiger partial charge < -0.3 is 14.8 Å². The molecule has 2 aromatic rings. The summed E-state index contributed by atoms with van der Waals surface area (Å²) in [6.07, 6.45) is 2.90. The Balaban J connectivity index is 2.32. The number of ether oxygens (including phenoxy) is 2. The molecule has 8 heteroatoms. The number of nitrogens with zero attached hydrogens (tertiary/aromatic N) is 5. The fourth-order valence-corrected chi connectivity index (χ4v) is 1.25. The van der Waals surface area contributed by atoms with Crippen molar-refractivity contribution < 1.29 is 9.47 Å². The molecule has 1 N–H and O–H groups in total. The number of hydrogen-bond acceptors (Lipinski definition) is 7. The van der Waals surface area contributed by atoms with Gasteiger partial charge in [0, 0.05) is 14.1 Å². The summed E-state index contributed by atoms with van der Waals surface area (Å²) >= 11 is 0. The lowest BCUT2D eigenvalue weighted by Gasteiger charge is -2.09. The van der Waals surface area contributed by atoms with Crippen LogP contribution in [0.5, 0.6) is 17.6 Å². The molecule has 0 saturated heterocycles. The predicted octanol–water partition coefficient (Wildman–Crippen LogP) is 0.448. The zero-order valence-corrected chi connectivity index (χ0v) is 9.71. The van der Waals surface area contributed by atoms with Gasteiger partial charge in [0.15, 0.2) is 5.82 Å². The average Bonchev–Trinajstić information content (AvgIpc) is 2.74. The largest absolute Gasteiger partial charge is 0.489 e. The smallest absolute Gasteiger partial charge is 0.342 e. The molecule has 0 aliphatic heterocycles. The quantitative estimate of drug-likeness (QED) is 0.824.